The van der Waals surface area contributed by atoms with Crippen LogP contribution in [0.25, 0.3) is 5.70 Å². The number of benzene rings is 1. The van der Waals surface area contributed by atoms with Gasteiger partial charge in [0.05, 0.1) is 17.9 Å². The summed E-state index contributed by atoms with van der Waals surface area (Å²) in [7, 11) is 0. The third-order valence-electron chi connectivity index (χ3n) is 5.01. The van der Waals surface area contributed by atoms with E-state index in [2.05, 4.69) is 38.3 Å². The Balaban J connectivity index is 1.78. The van der Waals surface area contributed by atoms with Gasteiger partial charge in [-0.1, -0.05) is 50.6 Å². The van der Waals surface area contributed by atoms with E-state index in [9.17, 15) is 4.79 Å². The van der Waals surface area contributed by atoms with Crippen molar-refractivity contribution in [3.05, 3.63) is 65.0 Å². The van der Waals surface area contributed by atoms with E-state index in [1.807, 2.05) is 53.6 Å². The van der Waals surface area contributed by atoms with E-state index >= 15 is 0 Å². The second-order valence-corrected chi connectivity index (χ2v) is 8.30. The van der Waals surface area contributed by atoms with Crippen LogP contribution in [0.1, 0.15) is 33.3 Å². The van der Waals surface area contributed by atoms with Crippen molar-refractivity contribution in [3.63, 3.8) is 0 Å². The molecule has 5 heteroatoms. The summed E-state index contributed by atoms with van der Waals surface area (Å²) in [6, 6.07) is 7.91. The van der Waals surface area contributed by atoms with Gasteiger partial charge in [0.1, 0.15) is 0 Å². The summed E-state index contributed by atoms with van der Waals surface area (Å²) in [5.41, 5.74) is 2.99. The Morgan fingerprint density at radius 3 is 2.81 bits per heavy atom. The molecule has 1 unspecified atom stereocenters. The number of halogens is 1. The standard InChI is InChI=1S/C21H26ClN3O/c1-14(21(2,3)4)23-13-18(26)20-24-19(15-8-7-9-16(22)12-15)17-10-5-6-11-25(17)20/h5-12,14,20,23-24H,13H2,1-4H3/t14-,20?/m0/s1. The van der Waals surface area contributed by atoms with Gasteiger partial charge >= 0.3 is 0 Å². The molecule has 2 heterocycles. The molecule has 1 aromatic rings. The largest absolute Gasteiger partial charge is 0.357 e. The SMILES string of the molecule is C[C@H](NCC(=O)C1NC(c2cccc(Cl)c2)=C2C=CC=CN21)C(C)(C)C. The number of ketones is 1. The zero-order valence-electron chi connectivity index (χ0n) is 15.7. The molecule has 3 rings (SSSR count). The predicted octanol–water partition coefficient (Wildman–Crippen LogP) is 3.92. The second-order valence-electron chi connectivity index (χ2n) is 7.86. The minimum Gasteiger partial charge on any atom is -0.357 e. The molecule has 1 aromatic carbocycles. The molecule has 0 bridgehead atoms. The molecular formula is C21H26ClN3O. The molecule has 2 N–H and O–H groups in total. The molecule has 26 heavy (non-hydrogen) atoms. The van der Waals surface area contributed by atoms with Crippen molar-refractivity contribution in [1.29, 1.82) is 0 Å². The first-order valence-electron chi connectivity index (χ1n) is 8.93. The molecule has 0 saturated carbocycles. The minimum absolute atomic E-state index is 0.104. The molecule has 2 atom stereocenters. The number of nitrogens with zero attached hydrogens (tertiary/aromatic N) is 1. The number of carbonyl (C=O) groups excluding carboxylic acids is 1. The number of rotatable bonds is 5. The number of carbonyl (C=O) groups is 1. The van der Waals surface area contributed by atoms with Gasteiger partial charge < -0.3 is 15.5 Å². The van der Waals surface area contributed by atoms with E-state index in [1.165, 1.54) is 0 Å². The lowest BCUT2D eigenvalue weighted by Gasteiger charge is -2.29. The minimum atomic E-state index is -0.417. The average Bonchev–Trinajstić information content (AvgIpc) is 2.98. The van der Waals surface area contributed by atoms with Gasteiger partial charge in [-0.15, -0.1) is 0 Å². The molecule has 0 aromatic heterocycles. The fourth-order valence-corrected chi connectivity index (χ4v) is 3.13. The monoisotopic (exact) mass is 371 g/mol. The highest BCUT2D eigenvalue weighted by Gasteiger charge is 2.35. The summed E-state index contributed by atoms with van der Waals surface area (Å²) in [6.45, 7) is 8.92. The molecule has 0 radical (unpaired) electrons. The van der Waals surface area contributed by atoms with Crippen LogP contribution in [-0.2, 0) is 4.79 Å². The number of fused-ring (bicyclic) bond motifs is 1. The number of Topliss-reactive ketones (excluding diaryl/α,β-unsaturated/α-hetero) is 1. The van der Waals surface area contributed by atoms with E-state index < -0.39 is 6.17 Å². The maximum atomic E-state index is 12.9. The summed E-state index contributed by atoms with van der Waals surface area (Å²) in [5.74, 6) is 0.107. The van der Waals surface area contributed by atoms with E-state index in [-0.39, 0.29) is 17.2 Å². The van der Waals surface area contributed by atoms with Crippen molar-refractivity contribution < 1.29 is 4.79 Å². The average molecular weight is 372 g/mol. The maximum Gasteiger partial charge on any atom is 0.189 e. The molecule has 138 valence electrons. The van der Waals surface area contributed by atoms with Gasteiger partial charge in [-0.3, -0.25) is 4.79 Å². The van der Waals surface area contributed by atoms with Crippen LogP contribution in [0, 0.1) is 5.41 Å². The Morgan fingerprint density at radius 1 is 1.35 bits per heavy atom. The zero-order valence-corrected chi connectivity index (χ0v) is 16.5. The van der Waals surface area contributed by atoms with Crippen molar-refractivity contribution >= 4 is 23.1 Å². The molecule has 0 aliphatic carbocycles. The van der Waals surface area contributed by atoms with Crippen molar-refractivity contribution in [2.45, 2.75) is 39.9 Å². The van der Waals surface area contributed by atoms with Gasteiger partial charge in [-0.05, 0) is 36.6 Å². The van der Waals surface area contributed by atoms with E-state index in [4.69, 9.17) is 11.6 Å². The third kappa shape index (κ3) is 3.87. The third-order valence-corrected chi connectivity index (χ3v) is 5.24. The quantitative estimate of drug-likeness (QED) is 0.823. The molecule has 2 aliphatic heterocycles. The Bertz CT molecular complexity index is 789. The van der Waals surface area contributed by atoms with Gasteiger partial charge in [0.15, 0.2) is 11.9 Å². The summed E-state index contributed by atoms with van der Waals surface area (Å²) in [5, 5.41) is 7.43. The second kappa shape index (κ2) is 7.29. The fraction of sp³-hybridized carbons (Fsp3) is 0.381. The van der Waals surface area contributed by atoms with Crippen LogP contribution in [0.15, 0.2) is 54.4 Å². The molecular weight excluding hydrogens is 346 g/mol. The van der Waals surface area contributed by atoms with Crippen LogP contribution in [0.2, 0.25) is 5.02 Å². The van der Waals surface area contributed by atoms with Crippen molar-refractivity contribution in [2.75, 3.05) is 6.54 Å². The van der Waals surface area contributed by atoms with Crippen LogP contribution < -0.4 is 10.6 Å². The number of nitrogens with one attached hydrogen (secondary N) is 2. The first kappa shape index (κ1) is 18.7. The number of allylic oxidation sites excluding steroid dienone is 3. The van der Waals surface area contributed by atoms with Gasteiger partial charge in [0.2, 0.25) is 0 Å². The maximum absolute atomic E-state index is 12.9. The Kier molecular flexibility index (Phi) is 5.26. The highest BCUT2D eigenvalue weighted by atomic mass is 35.5. The van der Waals surface area contributed by atoms with Crippen molar-refractivity contribution in [3.8, 4) is 0 Å². The summed E-state index contributed by atoms with van der Waals surface area (Å²) >= 11 is 6.15. The molecule has 2 aliphatic rings. The lowest BCUT2D eigenvalue weighted by atomic mass is 9.88. The van der Waals surface area contributed by atoms with Crippen LogP contribution in [0.4, 0.5) is 0 Å². The van der Waals surface area contributed by atoms with Crippen LogP contribution in [-0.4, -0.2) is 29.4 Å². The van der Waals surface area contributed by atoms with Gasteiger partial charge in [-0.2, -0.15) is 0 Å². The summed E-state index contributed by atoms with van der Waals surface area (Å²) in [6.07, 6.45) is 7.46. The van der Waals surface area contributed by atoms with Crippen LogP contribution in [0.3, 0.4) is 0 Å². The Hall–Kier alpha value is -2.04. The molecule has 0 spiro atoms. The normalized spacial score (nSPS) is 20.2. The van der Waals surface area contributed by atoms with Crippen LogP contribution in [0.5, 0.6) is 0 Å². The van der Waals surface area contributed by atoms with Crippen molar-refractivity contribution in [2.24, 2.45) is 5.41 Å². The van der Waals surface area contributed by atoms with Crippen molar-refractivity contribution in [1.82, 2.24) is 15.5 Å². The Labute approximate surface area is 160 Å². The predicted molar refractivity (Wildman–Crippen MR) is 107 cm³/mol. The van der Waals surface area contributed by atoms with E-state index in [0.717, 1.165) is 17.0 Å². The molecule has 0 amide bonds. The lowest BCUT2D eigenvalue weighted by Crippen LogP contribution is -2.48. The number of hydrogen-bond donors (Lipinski definition) is 2. The van der Waals surface area contributed by atoms with Crippen LogP contribution >= 0.6 is 11.6 Å². The number of hydrogen-bond acceptors (Lipinski definition) is 4. The molecule has 4 nitrogen and oxygen atoms in total. The van der Waals surface area contributed by atoms with Gasteiger partial charge in [-0.25, -0.2) is 0 Å². The summed E-state index contributed by atoms with van der Waals surface area (Å²) < 4.78 is 0. The first-order chi connectivity index (χ1) is 12.3. The summed E-state index contributed by atoms with van der Waals surface area (Å²) in [4.78, 5) is 14.9. The lowest BCUT2D eigenvalue weighted by molar-refractivity contribution is -0.122. The highest BCUT2D eigenvalue weighted by Crippen LogP contribution is 2.32. The zero-order chi connectivity index (χ0) is 18.9. The van der Waals surface area contributed by atoms with E-state index in [1.54, 1.807) is 0 Å². The highest BCUT2D eigenvalue weighted by molar-refractivity contribution is 6.30. The van der Waals surface area contributed by atoms with E-state index in [0.29, 0.717) is 11.6 Å². The molecule has 0 saturated heterocycles. The molecule has 0 fully saturated rings. The smallest absolute Gasteiger partial charge is 0.189 e. The fourth-order valence-electron chi connectivity index (χ4n) is 2.94. The van der Waals surface area contributed by atoms with Gasteiger partial charge in [0, 0.05) is 22.8 Å². The first-order valence-corrected chi connectivity index (χ1v) is 9.31. The topological polar surface area (TPSA) is 44.4 Å². The Morgan fingerprint density at radius 2 is 2.12 bits per heavy atom. The van der Waals surface area contributed by atoms with Gasteiger partial charge in [0.25, 0.3) is 0 Å².